The van der Waals surface area contributed by atoms with E-state index in [4.69, 9.17) is 0 Å². The average molecular weight is 310 g/mol. The molecule has 0 saturated heterocycles. The predicted molar refractivity (Wildman–Crippen MR) is 86.5 cm³/mol. The number of hydrogen-bond donors (Lipinski definition) is 3. The minimum Gasteiger partial charge on any atom is -0.387 e. The van der Waals surface area contributed by atoms with Gasteiger partial charge in [0, 0.05) is 18.0 Å². The Kier molecular flexibility index (Phi) is 6.71. The molecule has 0 aliphatic carbocycles. The van der Waals surface area contributed by atoms with Crippen LogP contribution in [0.1, 0.15) is 19.4 Å². The van der Waals surface area contributed by atoms with Gasteiger partial charge < -0.3 is 15.7 Å². The molecular weight excluding hydrogens is 288 g/mol. The summed E-state index contributed by atoms with van der Waals surface area (Å²) in [7, 11) is 0. The van der Waals surface area contributed by atoms with Gasteiger partial charge in [0.05, 0.1) is 5.60 Å². The maximum Gasteiger partial charge on any atom is 0.313 e. The third-order valence-electron chi connectivity index (χ3n) is 2.94. The molecule has 3 N–H and O–H groups in total. The van der Waals surface area contributed by atoms with Crippen molar-refractivity contribution in [1.29, 1.82) is 0 Å². The summed E-state index contributed by atoms with van der Waals surface area (Å²) in [5, 5.41) is 15.0. The number of amides is 2. The van der Waals surface area contributed by atoms with Gasteiger partial charge in [0.15, 0.2) is 0 Å². The lowest BCUT2D eigenvalue weighted by Gasteiger charge is -2.22. The molecule has 0 fully saturated rings. The molecule has 0 radical (unpaired) electrons. The lowest BCUT2D eigenvalue weighted by molar-refractivity contribution is -0.136. The first-order valence-corrected chi connectivity index (χ1v) is 8.17. The lowest BCUT2D eigenvalue weighted by atomic mass is 10.1. The van der Waals surface area contributed by atoms with E-state index >= 15 is 0 Å². The molecule has 0 heterocycles. The lowest BCUT2D eigenvalue weighted by Crippen LogP contribution is -2.45. The number of carbonyl (C=O) groups excluding carboxylic acids is 2. The zero-order valence-corrected chi connectivity index (χ0v) is 13.4. The quantitative estimate of drug-likeness (QED) is 0.694. The summed E-state index contributed by atoms with van der Waals surface area (Å²) in [5.41, 5.74) is 0.570. The fourth-order valence-electron chi connectivity index (χ4n) is 1.84. The van der Waals surface area contributed by atoms with E-state index < -0.39 is 17.4 Å². The number of nitrogens with one attached hydrogen (secondary N) is 2. The summed E-state index contributed by atoms with van der Waals surface area (Å²) in [4.78, 5) is 23.6. The molecule has 0 aliphatic rings. The summed E-state index contributed by atoms with van der Waals surface area (Å²) in [6, 6.07) is 7.34. The van der Waals surface area contributed by atoms with Crippen LogP contribution in [0.15, 0.2) is 24.3 Å². The van der Waals surface area contributed by atoms with Crippen LogP contribution in [0.2, 0.25) is 0 Å². The molecule has 1 rings (SSSR count). The Morgan fingerprint density at radius 2 is 1.95 bits per heavy atom. The summed E-state index contributed by atoms with van der Waals surface area (Å²) in [6.45, 7) is 3.63. The largest absolute Gasteiger partial charge is 0.387 e. The van der Waals surface area contributed by atoms with Crippen molar-refractivity contribution in [3.63, 3.8) is 0 Å². The molecule has 0 unspecified atom stereocenters. The molecule has 0 saturated carbocycles. The topological polar surface area (TPSA) is 78.4 Å². The van der Waals surface area contributed by atoms with Crippen LogP contribution in [0.4, 0.5) is 5.69 Å². The molecule has 1 aromatic rings. The molecule has 0 spiro atoms. The van der Waals surface area contributed by atoms with Crippen LogP contribution in [0.3, 0.4) is 0 Å². The highest BCUT2D eigenvalue weighted by molar-refractivity contribution is 7.98. The van der Waals surface area contributed by atoms with E-state index in [1.165, 1.54) is 11.8 Å². The van der Waals surface area contributed by atoms with E-state index in [0.717, 1.165) is 12.0 Å². The van der Waals surface area contributed by atoms with Crippen LogP contribution in [0.5, 0.6) is 0 Å². The highest BCUT2D eigenvalue weighted by Gasteiger charge is 2.23. The van der Waals surface area contributed by atoms with Crippen LogP contribution >= 0.6 is 11.8 Å². The van der Waals surface area contributed by atoms with Crippen molar-refractivity contribution in [2.24, 2.45) is 0 Å². The summed E-state index contributed by atoms with van der Waals surface area (Å²) >= 11 is 1.47. The Morgan fingerprint density at radius 3 is 2.57 bits per heavy atom. The van der Waals surface area contributed by atoms with Crippen molar-refractivity contribution in [3.05, 3.63) is 29.8 Å². The van der Waals surface area contributed by atoms with E-state index in [2.05, 4.69) is 10.6 Å². The SMILES string of the molecule is CCc1ccccc1NC(=O)C(=O)NC[C@](C)(O)CSC. The second kappa shape index (κ2) is 8.05. The van der Waals surface area contributed by atoms with Crippen molar-refractivity contribution in [1.82, 2.24) is 5.32 Å². The van der Waals surface area contributed by atoms with Crippen LogP contribution < -0.4 is 10.6 Å². The van der Waals surface area contributed by atoms with Gasteiger partial charge in [0.25, 0.3) is 0 Å². The summed E-state index contributed by atoms with van der Waals surface area (Å²) < 4.78 is 0. The number of hydrogen-bond acceptors (Lipinski definition) is 4. The molecule has 0 bridgehead atoms. The van der Waals surface area contributed by atoms with Gasteiger partial charge >= 0.3 is 11.8 Å². The van der Waals surface area contributed by atoms with Gasteiger partial charge in [0.2, 0.25) is 0 Å². The minimum absolute atomic E-state index is 0.0372. The molecule has 0 aliphatic heterocycles. The Labute approximate surface area is 129 Å². The number of thioether (sulfide) groups is 1. The molecule has 5 nitrogen and oxygen atoms in total. The van der Waals surface area contributed by atoms with Gasteiger partial charge in [-0.1, -0.05) is 25.1 Å². The first kappa shape index (κ1) is 17.5. The second-order valence-electron chi connectivity index (χ2n) is 5.08. The highest BCUT2D eigenvalue weighted by Crippen LogP contribution is 2.15. The number of anilines is 1. The normalized spacial score (nSPS) is 13.3. The Hall–Kier alpha value is -1.53. The Bertz CT molecular complexity index is 503. The standard InChI is InChI=1S/C15H22N2O3S/c1-4-11-7-5-6-8-12(11)17-14(19)13(18)16-9-15(2,20)10-21-3/h5-8,20H,4,9-10H2,1-3H3,(H,16,18)(H,17,19)/t15-/m0/s1. The monoisotopic (exact) mass is 310 g/mol. The van der Waals surface area contributed by atoms with E-state index in [-0.39, 0.29) is 6.54 Å². The molecule has 21 heavy (non-hydrogen) atoms. The molecule has 116 valence electrons. The van der Waals surface area contributed by atoms with Gasteiger partial charge in [-0.05, 0) is 31.2 Å². The van der Waals surface area contributed by atoms with Gasteiger partial charge in [0.1, 0.15) is 0 Å². The van der Waals surface area contributed by atoms with Gasteiger partial charge in [-0.15, -0.1) is 0 Å². The number of aryl methyl sites for hydroxylation is 1. The van der Waals surface area contributed by atoms with Crippen molar-refractivity contribution >= 4 is 29.3 Å². The number of rotatable bonds is 6. The summed E-state index contributed by atoms with van der Waals surface area (Å²) in [5.74, 6) is -0.994. The molecule has 1 aromatic carbocycles. The molecule has 1 atom stereocenters. The van der Waals surface area contributed by atoms with Gasteiger partial charge in [-0.2, -0.15) is 11.8 Å². The molecular formula is C15H22N2O3S. The van der Waals surface area contributed by atoms with Crippen molar-refractivity contribution in [2.45, 2.75) is 25.9 Å². The predicted octanol–water partition coefficient (Wildman–Crippen LogP) is 1.42. The molecule has 6 heteroatoms. The highest BCUT2D eigenvalue weighted by atomic mass is 32.2. The third-order valence-corrected chi connectivity index (χ3v) is 3.85. The van der Waals surface area contributed by atoms with Crippen molar-refractivity contribution in [3.8, 4) is 0 Å². The first-order chi connectivity index (χ1) is 9.89. The van der Waals surface area contributed by atoms with E-state index in [1.54, 1.807) is 19.1 Å². The first-order valence-electron chi connectivity index (χ1n) is 6.78. The van der Waals surface area contributed by atoms with Gasteiger partial charge in [-0.3, -0.25) is 9.59 Å². The van der Waals surface area contributed by atoms with Gasteiger partial charge in [-0.25, -0.2) is 0 Å². The Morgan fingerprint density at radius 1 is 1.29 bits per heavy atom. The Balaban J connectivity index is 2.57. The number of para-hydroxylation sites is 1. The smallest absolute Gasteiger partial charge is 0.313 e. The number of benzene rings is 1. The minimum atomic E-state index is -1.03. The van der Waals surface area contributed by atoms with Crippen LogP contribution in [-0.4, -0.2) is 41.1 Å². The fraction of sp³-hybridized carbons (Fsp3) is 0.467. The third kappa shape index (κ3) is 5.77. The number of carbonyl (C=O) groups is 2. The molecule has 2 amide bonds. The maximum absolute atomic E-state index is 11.8. The fourth-order valence-corrected chi connectivity index (χ4v) is 2.57. The van der Waals surface area contributed by atoms with Crippen LogP contribution in [-0.2, 0) is 16.0 Å². The van der Waals surface area contributed by atoms with E-state index in [1.807, 2.05) is 25.3 Å². The maximum atomic E-state index is 11.8. The summed E-state index contributed by atoms with van der Waals surface area (Å²) in [6.07, 6.45) is 2.63. The van der Waals surface area contributed by atoms with Crippen LogP contribution in [0.25, 0.3) is 0 Å². The van der Waals surface area contributed by atoms with Crippen LogP contribution in [0, 0.1) is 0 Å². The number of aliphatic hydroxyl groups is 1. The zero-order valence-electron chi connectivity index (χ0n) is 12.6. The van der Waals surface area contributed by atoms with Crippen molar-refractivity contribution in [2.75, 3.05) is 23.9 Å². The average Bonchev–Trinajstić information content (AvgIpc) is 2.45. The van der Waals surface area contributed by atoms with E-state index in [9.17, 15) is 14.7 Å². The van der Waals surface area contributed by atoms with E-state index in [0.29, 0.717) is 11.4 Å². The second-order valence-corrected chi connectivity index (χ2v) is 5.94. The zero-order chi connectivity index (χ0) is 15.9. The van der Waals surface area contributed by atoms with Crippen molar-refractivity contribution < 1.29 is 14.7 Å². The molecule has 0 aromatic heterocycles.